The van der Waals surface area contributed by atoms with E-state index >= 15 is 0 Å². The highest BCUT2D eigenvalue weighted by molar-refractivity contribution is 5.86. The maximum absolute atomic E-state index is 6.07. The Labute approximate surface area is 185 Å². The minimum Gasteiger partial charge on any atom is -0.494 e. The molecule has 0 N–H and O–H groups in total. The van der Waals surface area contributed by atoms with Crippen LogP contribution < -0.4 is 4.74 Å². The van der Waals surface area contributed by atoms with Gasteiger partial charge in [0.15, 0.2) is 0 Å². The molecular formula is C29H31NO. The third kappa shape index (κ3) is 5.95. The highest BCUT2D eigenvalue weighted by Crippen LogP contribution is 2.25. The maximum Gasteiger partial charge on any atom is 0.119 e. The number of pyridine rings is 1. The summed E-state index contributed by atoms with van der Waals surface area (Å²) in [5.74, 6) is 0.921. The Morgan fingerprint density at radius 3 is 2.29 bits per heavy atom. The minimum atomic E-state index is 0.717. The van der Waals surface area contributed by atoms with Gasteiger partial charge >= 0.3 is 0 Å². The van der Waals surface area contributed by atoms with Gasteiger partial charge in [-0.15, -0.1) is 0 Å². The van der Waals surface area contributed by atoms with Crippen molar-refractivity contribution in [1.29, 1.82) is 0 Å². The molecule has 0 radical (unpaired) electrons. The molecule has 0 unspecified atom stereocenters. The summed E-state index contributed by atoms with van der Waals surface area (Å²) in [4.78, 5) is 4.70. The van der Waals surface area contributed by atoms with Crippen LogP contribution in [-0.4, -0.2) is 11.6 Å². The summed E-state index contributed by atoms with van der Waals surface area (Å²) in [5, 5.41) is 2.39. The molecular weight excluding hydrogens is 378 g/mol. The number of rotatable bonds is 10. The largest absolute Gasteiger partial charge is 0.494 e. The van der Waals surface area contributed by atoms with Gasteiger partial charge in [0.1, 0.15) is 5.75 Å². The smallest absolute Gasteiger partial charge is 0.119 e. The lowest BCUT2D eigenvalue weighted by Gasteiger charge is -2.10. The molecule has 0 aliphatic rings. The number of aromatic nitrogens is 1. The van der Waals surface area contributed by atoms with Crippen LogP contribution in [0.1, 0.15) is 48.6 Å². The van der Waals surface area contributed by atoms with Crippen molar-refractivity contribution < 1.29 is 4.74 Å². The number of fused-ring (bicyclic) bond motifs is 1. The molecule has 1 aromatic heterocycles. The maximum atomic E-state index is 6.07. The summed E-state index contributed by atoms with van der Waals surface area (Å²) < 4.78 is 6.07. The van der Waals surface area contributed by atoms with Crippen LogP contribution in [0.2, 0.25) is 0 Å². The molecule has 1 heterocycles. The highest BCUT2D eigenvalue weighted by Gasteiger charge is 2.06. The van der Waals surface area contributed by atoms with E-state index in [2.05, 4.69) is 85.8 Å². The van der Waals surface area contributed by atoms with E-state index in [1.807, 2.05) is 6.20 Å². The van der Waals surface area contributed by atoms with E-state index in [1.165, 1.54) is 40.3 Å². The fraction of sp³-hybridized carbons (Fsp3) is 0.276. The van der Waals surface area contributed by atoms with E-state index in [0.29, 0.717) is 0 Å². The molecule has 0 fully saturated rings. The van der Waals surface area contributed by atoms with Gasteiger partial charge in [0.25, 0.3) is 0 Å². The van der Waals surface area contributed by atoms with E-state index < -0.39 is 0 Å². The summed E-state index contributed by atoms with van der Waals surface area (Å²) in [7, 11) is 0. The van der Waals surface area contributed by atoms with Crippen molar-refractivity contribution in [2.24, 2.45) is 0 Å². The topological polar surface area (TPSA) is 22.1 Å². The Kier molecular flexibility index (Phi) is 7.33. The fourth-order valence-electron chi connectivity index (χ4n) is 3.95. The fourth-order valence-corrected chi connectivity index (χ4v) is 3.95. The predicted molar refractivity (Wildman–Crippen MR) is 130 cm³/mol. The zero-order valence-corrected chi connectivity index (χ0v) is 18.4. The number of aryl methyl sites for hydroxylation is 2. The first-order valence-corrected chi connectivity index (χ1v) is 11.4. The Balaban J connectivity index is 1.42. The van der Waals surface area contributed by atoms with Gasteiger partial charge < -0.3 is 4.74 Å². The van der Waals surface area contributed by atoms with Crippen molar-refractivity contribution in [3.8, 4) is 5.75 Å². The van der Waals surface area contributed by atoms with Crippen LogP contribution in [0.5, 0.6) is 5.75 Å². The van der Waals surface area contributed by atoms with Gasteiger partial charge in [0, 0.05) is 18.0 Å². The number of hydrogen-bond donors (Lipinski definition) is 0. The lowest BCUT2D eigenvalue weighted by molar-refractivity contribution is 0.311. The molecule has 0 bridgehead atoms. The summed E-state index contributed by atoms with van der Waals surface area (Å²) in [6.45, 7) is 2.96. The van der Waals surface area contributed by atoms with Crippen LogP contribution in [0.3, 0.4) is 0 Å². The molecule has 4 aromatic rings. The molecule has 3 aromatic carbocycles. The second kappa shape index (κ2) is 10.8. The molecule has 158 valence electrons. The second-order valence-corrected chi connectivity index (χ2v) is 8.18. The van der Waals surface area contributed by atoms with Crippen molar-refractivity contribution in [1.82, 2.24) is 4.98 Å². The third-order valence-electron chi connectivity index (χ3n) is 5.76. The van der Waals surface area contributed by atoms with Crippen molar-refractivity contribution in [3.05, 3.63) is 107 Å². The molecule has 0 amide bonds. The molecule has 31 heavy (non-hydrogen) atoms. The van der Waals surface area contributed by atoms with Gasteiger partial charge in [-0.25, -0.2) is 0 Å². The minimum absolute atomic E-state index is 0.717. The number of unbranched alkanes of at least 4 members (excludes halogenated alkanes) is 1. The van der Waals surface area contributed by atoms with Crippen LogP contribution in [0.25, 0.3) is 10.8 Å². The average Bonchev–Trinajstić information content (AvgIpc) is 2.82. The molecule has 4 rings (SSSR count). The summed E-state index contributed by atoms with van der Waals surface area (Å²) in [6.07, 6.45) is 8.43. The van der Waals surface area contributed by atoms with Gasteiger partial charge in [0.2, 0.25) is 0 Å². The predicted octanol–water partition coefficient (Wildman–Crippen LogP) is 7.18. The lowest BCUT2D eigenvalue weighted by atomic mass is 10.0. The molecule has 0 spiro atoms. The standard InChI is InChI=1S/C29H31NO/c1-2-3-8-24-12-14-25(15-13-24)21-29-28-22-27(17-16-26(28)18-19-30-29)31-20-7-11-23-9-5-4-6-10-23/h4-6,9-10,12-19,22H,2-3,7-8,11,20-21H2,1H3. The summed E-state index contributed by atoms with van der Waals surface area (Å²) >= 11 is 0. The van der Waals surface area contributed by atoms with Gasteiger partial charge in [-0.05, 0) is 66.0 Å². The summed E-state index contributed by atoms with van der Waals surface area (Å²) in [5.41, 5.74) is 5.18. The number of hydrogen-bond acceptors (Lipinski definition) is 2. The molecule has 2 nitrogen and oxygen atoms in total. The number of nitrogens with zero attached hydrogens (tertiary/aromatic N) is 1. The Hall–Kier alpha value is -3.13. The lowest BCUT2D eigenvalue weighted by Crippen LogP contribution is -2.00. The molecule has 2 heteroatoms. The normalized spacial score (nSPS) is 11.0. The Morgan fingerprint density at radius 1 is 0.742 bits per heavy atom. The average molecular weight is 410 g/mol. The Morgan fingerprint density at radius 2 is 1.48 bits per heavy atom. The number of benzene rings is 3. The van der Waals surface area contributed by atoms with Crippen molar-refractivity contribution in [3.63, 3.8) is 0 Å². The van der Waals surface area contributed by atoms with E-state index in [9.17, 15) is 0 Å². The van der Waals surface area contributed by atoms with Crippen LogP contribution in [0.15, 0.2) is 85.1 Å². The SMILES string of the molecule is CCCCc1ccc(Cc2nccc3ccc(OCCCc4ccccc4)cc23)cc1. The Bertz CT molecular complexity index is 1090. The van der Waals surface area contributed by atoms with Crippen LogP contribution >= 0.6 is 0 Å². The van der Waals surface area contributed by atoms with Gasteiger partial charge in [-0.2, -0.15) is 0 Å². The highest BCUT2D eigenvalue weighted by atomic mass is 16.5. The molecule has 0 aliphatic carbocycles. The molecule has 0 aliphatic heterocycles. The van der Waals surface area contributed by atoms with Gasteiger partial charge in [-0.3, -0.25) is 4.98 Å². The second-order valence-electron chi connectivity index (χ2n) is 8.18. The van der Waals surface area contributed by atoms with Crippen LogP contribution in [0, 0.1) is 0 Å². The van der Waals surface area contributed by atoms with E-state index in [-0.39, 0.29) is 0 Å². The van der Waals surface area contributed by atoms with E-state index in [1.54, 1.807) is 0 Å². The first-order valence-electron chi connectivity index (χ1n) is 11.4. The van der Waals surface area contributed by atoms with Crippen molar-refractivity contribution >= 4 is 10.8 Å². The van der Waals surface area contributed by atoms with Gasteiger partial charge in [-0.1, -0.05) is 74.0 Å². The number of ether oxygens (including phenoxy) is 1. The van der Waals surface area contributed by atoms with E-state index in [4.69, 9.17) is 9.72 Å². The monoisotopic (exact) mass is 409 g/mol. The van der Waals surface area contributed by atoms with Crippen molar-refractivity contribution in [2.75, 3.05) is 6.61 Å². The van der Waals surface area contributed by atoms with Crippen LogP contribution in [-0.2, 0) is 19.3 Å². The zero-order valence-electron chi connectivity index (χ0n) is 18.4. The molecule has 0 saturated heterocycles. The first-order chi connectivity index (χ1) is 15.3. The zero-order chi connectivity index (χ0) is 21.3. The van der Waals surface area contributed by atoms with Crippen LogP contribution in [0.4, 0.5) is 0 Å². The molecule has 0 atom stereocenters. The van der Waals surface area contributed by atoms with Crippen molar-refractivity contribution in [2.45, 2.75) is 45.4 Å². The van der Waals surface area contributed by atoms with Gasteiger partial charge in [0.05, 0.1) is 12.3 Å². The summed E-state index contributed by atoms with van der Waals surface area (Å²) in [6, 6.07) is 28.0. The third-order valence-corrected chi connectivity index (χ3v) is 5.76. The first kappa shape index (κ1) is 21.1. The van der Waals surface area contributed by atoms with E-state index in [0.717, 1.165) is 43.7 Å². The molecule has 0 saturated carbocycles. The quantitative estimate of drug-likeness (QED) is 0.259.